The molecular formula is C82H120O36P6. The molecule has 9 atom stereocenters. The van der Waals surface area contributed by atoms with Crippen LogP contribution in [0.1, 0.15) is 292 Å². The maximum absolute atomic E-state index is 13.8. The van der Waals surface area contributed by atoms with Gasteiger partial charge < -0.3 is 59.4 Å². The third-order valence-corrected chi connectivity index (χ3v) is 35.9. The normalized spacial score (nSPS) is 20.9. The molecule has 0 aliphatic carbocycles. The Hall–Kier alpha value is -7.47. The predicted molar refractivity (Wildman–Crippen MR) is 453 cm³/mol. The molecule has 694 valence electrons. The Morgan fingerprint density at radius 3 is 0.806 bits per heavy atom. The molecule has 0 radical (unpaired) electrons. The summed E-state index contributed by atoms with van der Waals surface area (Å²) in [6.07, 6.45) is -3.54. The number of hydrogen-bond acceptors (Lipinski definition) is 36. The third kappa shape index (κ3) is 28.8. The van der Waals surface area contributed by atoms with Crippen molar-refractivity contribution in [1.82, 2.24) is 0 Å². The van der Waals surface area contributed by atoms with E-state index in [9.17, 15) is 70.5 Å². The first-order chi connectivity index (χ1) is 57.0. The highest BCUT2D eigenvalue weighted by molar-refractivity contribution is 7.60. The fourth-order valence-electron chi connectivity index (χ4n) is 9.87. The number of cyclic esters (lactones) is 6. The fraction of sp³-hybridized carbons (Fsp3) is 0.598. The summed E-state index contributed by atoms with van der Waals surface area (Å²) >= 11 is 0. The molecule has 0 saturated carbocycles. The Morgan fingerprint density at radius 1 is 0.306 bits per heavy atom. The van der Waals surface area contributed by atoms with Crippen LogP contribution in [0.2, 0.25) is 0 Å². The molecule has 0 bridgehead atoms. The Morgan fingerprint density at radius 2 is 0.556 bits per heavy atom. The van der Waals surface area contributed by atoms with Crippen LogP contribution < -0.4 is 17.5 Å². The van der Waals surface area contributed by atoms with Crippen molar-refractivity contribution >= 4 is 80.7 Å². The number of rotatable bonds is 21. The summed E-state index contributed by atoms with van der Waals surface area (Å²) in [5.74, 6) is -3.72. The minimum Gasteiger partial charge on any atom is -0.435 e. The van der Waals surface area contributed by atoms with Gasteiger partial charge in [0.15, 0.2) is 17.3 Å². The summed E-state index contributed by atoms with van der Waals surface area (Å²) < 4.78 is 185. The Bertz CT molecular complexity index is 5020. The Balaban J connectivity index is 0.000000266. The lowest BCUT2D eigenvalue weighted by Gasteiger charge is -2.32. The first-order valence-corrected chi connectivity index (χ1v) is 50.7. The van der Waals surface area contributed by atoms with Crippen LogP contribution in [-0.4, -0.2) is 106 Å². The zero-order valence-electron chi connectivity index (χ0n) is 75.6. The Kier molecular flexibility index (Phi) is 37.2. The van der Waals surface area contributed by atoms with Crippen LogP contribution in [0.5, 0.6) is 0 Å². The number of benzene rings is 3. The molecule has 3 aromatic heterocycles. The molecule has 6 aliphatic heterocycles. The van der Waals surface area contributed by atoms with Gasteiger partial charge in [-0.2, -0.15) is 0 Å². The topological polar surface area (TPSA) is 473 Å². The summed E-state index contributed by atoms with van der Waals surface area (Å²) in [5, 5.41) is -4.01. The van der Waals surface area contributed by atoms with E-state index in [4.69, 9.17) is 91.2 Å². The van der Waals surface area contributed by atoms with Crippen molar-refractivity contribution < 1.29 is 152 Å². The predicted octanol–water partition coefficient (Wildman–Crippen LogP) is 21.0. The van der Waals surface area contributed by atoms with E-state index in [2.05, 4.69) is 4.42 Å². The van der Waals surface area contributed by atoms with Gasteiger partial charge in [0.25, 0.3) is 0 Å². The molecule has 6 aromatic rings. The number of aryl methyl sites for hydroxylation is 3. The molecule has 36 nitrogen and oxygen atoms in total. The molecule has 12 rings (SSSR count). The minimum atomic E-state index is -3.92. The summed E-state index contributed by atoms with van der Waals surface area (Å²) in [6, 6.07) is 20.4. The number of fused-ring (bicyclic) bond motifs is 3. The van der Waals surface area contributed by atoms with E-state index in [-0.39, 0.29) is 79.4 Å². The molecule has 3 aromatic carbocycles. The average molecular weight is 1870 g/mol. The van der Waals surface area contributed by atoms with Gasteiger partial charge in [-0.05, 0) is 101 Å². The zero-order chi connectivity index (χ0) is 94.3. The van der Waals surface area contributed by atoms with Gasteiger partial charge >= 0.3 is 76.1 Å². The number of ether oxygens (including phenoxy) is 6. The van der Waals surface area contributed by atoms with Crippen molar-refractivity contribution in [2.45, 2.75) is 300 Å². The number of carbonyl (C=O) groups is 6. The van der Waals surface area contributed by atoms with Gasteiger partial charge in [-0.1, -0.05) is 145 Å². The van der Waals surface area contributed by atoms with Crippen LogP contribution >= 0.6 is 44.9 Å². The van der Waals surface area contributed by atoms with Gasteiger partial charge in [-0.25, -0.2) is 28.8 Å². The highest BCUT2D eigenvalue weighted by atomic mass is 31.2. The largest absolute Gasteiger partial charge is 0.519 e. The van der Waals surface area contributed by atoms with Crippen molar-refractivity contribution in [3.63, 3.8) is 0 Å². The van der Waals surface area contributed by atoms with Gasteiger partial charge in [0.2, 0.25) is 59.8 Å². The maximum Gasteiger partial charge on any atom is 0.519 e. The van der Waals surface area contributed by atoms with Crippen molar-refractivity contribution in [3.8, 4) is 0 Å². The summed E-state index contributed by atoms with van der Waals surface area (Å²) in [7, 11) is -19.6. The lowest BCUT2D eigenvalue weighted by Crippen LogP contribution is -2.26. The van der Waals surface area contributed by atoms with E-state index in [1.807, 2.05) is 90.0 Å². The van der Waals surface area contributed by atoms with Gasteiger partial charge in [-0.15, -0.1) is 0 Å². The third-order valence-electron chi connectivity index (χ3n) is 18.9. The molecule has 0 spiro atoms. The van der Waals surface area contributed by atoms with Crippen LogP contribution in [0.4, 0.5) is 0 Å². The second-order valence-electron chi connectivity index (χ2n) is 34.2. The summed E-state index contributed by atoms with van der Waals surface area (Å²) in [4.78, 5) is 102. The molecule has 0 amide bonds. The average Bonchev–Trinajstić information content (AvgIpc) is 1.61. The van der Waals surface area contributed by atoms with E-state index in [0.717, 1.165) is 0 Å². The van der Waals surface area contributed by atoms with Crippen LogP contribution in [0.3, 0.4) is 0 Å². The quantitative estimate of drug-likeness (QED) is 0.0367. The standard InChI is InChI=1S/C20H19O7P.C14H19O9P.C13H17O4P.C12H19O7P.C10H17O5P.C9H17O4P.2C2H6/c1-20(2,3)28(23,26-18-14-10-6-4-8-12(14)16(21)24-18)27-19-15-11-7-5-9-13(15)17(22)25-19;1-8-10(22-12(15)20-8)6-18-24(17,14(3,4)5)19-7-11-9(2)21-13(16)23-11;1-13(2,3)18(4,15)17-12-10-8-6-5-7-9(10)11(14)16-12;1-12(2,3)20(15,18-10-6-4-8(13)16-10)19-11-7-5-9(14)17-11;1-7-8(15-9(11)14-7)6-13-16(5,12)10(2,3)4;1-9(2,3)14(4,11)13-8-6-5-7(10)12-8;2*1-2/h4-11,18-19H,1-3H3;6-7H2,1-5H3;5-8,12H,1-4H3;10-11H,4-7H2,1-3H3;6H2,1-5H3;8H,5-6H2,1-4H3;2*1-2H3. The molecule has 0 N–H and O–H groups in total. The van der Waals surface area contributed by atoms with Crippen molar-refractivity contribution in [3.05, 3.63) is 173 Å². The molecule has 42 heteroatoms. The smallest absolute Gasteiger partial charge is 0.435 e. The Labute approximate surface area is 721 Å². The van der Waals surface area contributed by atoms with Crippen LogP contribution in [-0.2, 0) is 131 Å². The number of carbonyl (C=O) groups excluding carboxylic acids is 6. The molecule has 6 aliphatic rings. The second-order valence-corrected chi connectivity index (χ2v) is 52.3. The van der Waals surface area contributed by atoms with Gasteiger partial charge in [0.05, 0.1) is 51.4 Å². The molecule has 124 heavy (non-hydrogen) atoms. The van der Waals surface area contributed by atoms with E-state index in [1.165, 1.54) is 13.8 Å². The van der Waals surface area contributed by atoms with E-state index in [0.29, 0.717) is 64.8 Å². The highest BCUT2D eigenvalue weighted by Crippen LogP contribution is 2.67. The lowest BCUT2D eigenvalue weighted by atomic mass is 10.1. The minimum absolute atomic E-state index is 0.0113. The van der Waals surface area contributed by atoms with E-state index >= 15 is 0 Å². The summed E-state index contributed by atoms with van der Waals surface area (Å²) in [5.41, 5.74) is 2.79. The molecule has 9 unspecified atom stereocenters. The van der Waals surface area contributed by atoms with E-state index < -0.39 is 149 Å². The van der Waals surface area contributed by atoms with Crippen LogP contribution in [0, 0.1) is 20.8 Å². The van der Waals surface area contributed by atoms with Crippen LogP contribution in [0.25, 0.3) is 0 Å². The van der Waals surface area contributed by atoms with Gasteiger partial charge in [-0.3, -0.25) is 78.0 Å². The van der Waals surface area contributed by atoms with Crippen molar-refractivity contribution in [2.24, 2.45) is 0 Å². The van der Waals surface area contributed by atoms with Crippen molar-refractivity contribution in [2.75, 3.05) is 20.0 Å². The molecule has 3 fully saturated rings. The maximum atomic E-state index is 13.8. The first kappa shape index (κ1) is 107. The number of hydrogen-bond donors (Lipinski definition) is 0. The van der Waals surface area contributed by atoms with Crippen LogP contribution in [0.15, 0.2) is 114 Å². The fourth-order valence-corrected chi connectivity index (χ4v) is 16.9. The second kappa shape index (κ2) is 43.1. The summed E-state index contributed by atoms with van der Waals surface area (Å²) in [6.45, 7) is 48.6. The first-order valence-electron chi connectivity index (χ1n) is 39.8. The molecular weight excluding hydrogens is 1750 g/mol. The van der Waals surface area contributed by atoms with E-state index in [1.54, 1.807) is 162 Å². The molecule has 3 saturated heterocycles. The highest BCUT2D eigenvalue weighted by Gasteiger charge is 2.52. The number of esters is 6. The lowest BCUT2D eigenvalue weighted by molar-refractivity contribution is -0.156. The van der Waals surface area contributed by atoms with Gasteiger partial charge in [0.1, 0.15) is 37.1 Å². The van der Waals surface area contributed by atoms with Crippen molar-refractivity contribution in [1.29, 1.82) is 0 Å². The monoisotopic (exact) mass is 1870 g/mol. The zero-order valence-corrected chi connectivity index (χ0v) is 81.0. The molecule has 9 heterocycles. The van der Waals surface area contributed by atoms with Gasteiger partial charge in [0, 0.05) is 71.4 Å². The SMILES string of the molecule is CC.CC.CC(C)(C)P(=O)(OC1CCC(=O)O1)OC1CCC(=O)O1.CC(C)(C)P(=O)(OC1OC(=O)c2ccccc21)OC1OC(=O)c2ccccc21.CC(C)(C)P(C)(=O)OC1CCC(=O)O1.CC(C)(C)P(C)(=O)OC1OC(=O)c2ccccc21.Cc1oc(=O)oc1COP(=O)(OCc1oc(=O)oc1C)C(C)(C)C.Cc1oc(=O)oc1COP(C)(=O)C(C)(C)C.